The second kappa shape index (κ2) is 18.8. The maximum Gasteiger partial charge on any atom is 0.243 e. The van der Waals surface area contributed by atoms with Gasteiger partial charge in [0.05, 0.1) is 48.4 Å². The first-order chi connectivity index (χ1) is 28.2. The Morgan fingerprint density at radius 3 is 1.29 bits per heavy atom. The lowest BCUT2D eigenvalue weighted by molar-refractivity contribution is 0.384. The lowest BCUT2D eigenvalue weighted by Gasteiger charge is -2.33. The highest BCUT2D eigenvalue weighted by atomic mass is 35.5. The number of hydrogen-bond donors (Lipinski definition) is 0. The fourth-order valence-corrected chi connectivity index (χ4v) is 11.8. The number of ether oxygens (including phenoxy) is 1. The van der Waals surface area contributed by atoms with Gasteiger partial charge in [0.1, 0.15) is 5.75 Å². The van der Waals surface area contributed by atoms with Crippen molar-refractivity contribution < 1.29 is 21.6 Å². The molecule has 20 heteroatoms. The van der Waals surface area contributed by atoms with Crippen LogP contribution in [0.1, 0.15) is 0 Å². The van der Waals surface area contributed by atoms with Gasteiger partial charge in [0.15, 0.2) is 10.3 Å². The van der Waals surface area contributed by atoms with Crippen LogP contribution in [0.2, 0.25) is 25.1 Å². The summed E-state index contributed by atoms with van der Waals surface area (Å²) in [4.78, 5) is 13.9. The molecule has 4 aromatic carbocycles. The Hall–Kier alpha value is -3.19. The van der Waals surface area contributed by atoms with Crippen LogP contribution >= 0.6 is 80.7 Å². The van der Waals surface area contributed by atoms with Gasteiger partial charge in [-0.15, -0.1) is 22.7 Å². The summed E-state index contributed by atoms with van der Waals surface area (Å²) < 4.78 is 59.8. The Bertz CT molecular complexity index is 2630. The highest BCUT2D eigenvalue weighted by molar-refractivity contribution is 7.89. The molecule has 6 aromatic rings. The van der Waals surface area contributed by atoms with Crippen molar-refractivity contribution in [3.63, 3.8) is 0 Å². The molecule has 2 aliphatic heterocycles. The predicted octanol–water partition coefficient (Wildman–Crippen LogP) is 9.92. The molecular weight excluding hydrogens is 938 g/mol. The molecule has 0 N–H and O–H groups in total. The number of piperazine rings is 2. The number of thiazole rings is 2. The summed E-state index contributed by atoms with van der Waals surface area (Å²) in [6.45, 7) is 3.76. The number of halogens is 5. The molecule has 0 atom stereocenters. The van der Waals surface area contributed by atoms with Gasteiger partial charge in [-0.05, 0) is 72.8 Å². The normalized spacial score (nSPS) is 15.5. The summed E-state index contributed by atoms with van der Waals surface area (Å²) in [5.41, 5.74) is 3.79. The molecule has 4 heterocycles. The van der Waals surface area contributed by atoms with Crippen molar-refractivity contribution in [2.24, 2.45) is 0 Å². The van der Waals surface area contributed by atoms with E-state index < -0.39 is 20.0 Å². The number of hydrogen-bond acceptors (Lipinski definition) is 11. The molecule has 0 radical (unpaired) electrons. The van der Waals surface area contributed by atoms with E-state index in [1.54, 1.807) is 29.8 Å². The molecule has 2 saturated heterocycles. The van der Waals surface area contributed by atoms with Gasteiger partial charge < -0.3 is 14.5 Å². The van der Waals surface area contributed by atoms with E-state index in [0.717, 1.165) is 38.5 Å². The molecule has 0 unspecified atom stereocenters. The average molecular weight is 973 g/mol. The van der Waals surface area contributed by atoms with Gasteiger partial charge in [-0.3, -0.25) is 0 Å². The SMILES string of the molecule is COc1ccc(-c2csc(N3CCN(S(=O)(=O)c4ccc(Cl)c(Cl)c4)CC3)n2)cc1.O=S(=O)(c1ccc(Cl)c(Cl)c1)N1CCN(c2nc(-c3ccc(Cl)cc3)cs2)CC1. The summed E-state index contributed by atoms with van der Waals surface area (Å²) in [7, 11) is -5.60. The van der Waals surface area contributed by atoms with E-state index in [1.165, 1.54) is 45.0 Å². The molecule has 0 amide bonds. The molecule has 2 aromatic heterocycles. The number of rotatable bonds is 9. The van der Waals surface area contributed by atoms with Gasteiger partial charge in [0, 0.05) is 79.3 Å². The zero-order valence-electron chi connectivity index (χ0n) is 31.1. The Labute approximate surface area is 376 Å². The smallest absolute Gasteiger partial charge is 0.243 e. The van der Waals surface area contributed by atoms with Crippen LogP contribution in [0, 0.1) is 0 Å². The summed E-state index contributed by atoms with van der Waals surface area (Å²) in [6.07, 6.45) is 0. The molecule has 0 aliphatic carbocycles. The molecule has 11 nitrogen and oxygen atoms in total. The van der Waals surface area contributed by atoms with Crippen molar-refractivity contribution in [2.45, 2.75) is 9.79 Å². The van der Waals surface area contributed by atoms with Crippen molar-refractivity contribution >= 4 is 111 Å². The molecule has 8 rings (SSSR count). The molecule has 310 valence electrons. The van der Waals surface area contributed by atoms with Crippen LogP contribution in [0.15, 0.2) is 105 Å². The van der Waals surface area contributed by atoms with Gasteiger partial charge in [0.2, 0.25) is 20.0 Å². The maximum atomic E-state index is 12.9. The summed E-state index contributed by atoms with van der Waals surface area (Å²) in [5, 5.41) is 7.56. The molecule has 0 bridgehead atoms. The maximum absolute atomic E-state index is 12.9. The van der Waals surface area contributed by atoms with Gasteiger partial charge in [-0.25, -0.2) is 26.8 Å². The van der Waals surface area contributed by atoms with E-state index in [2.05, 4.69) is 9.80 Å². The van der Waals surface area contributed by atoms with E-state index in [0.29, 0.717) is 67.4 Å². The van der Waals surface area contributed by atoms with Gasteiger partial charge >= 0.3 is 0 Å². The Morgan fingerprint density at radius 2 is 0.915 bits per heavy atom. The predicted molar refractivity (Wildman–Crippen MR) is 242 cm³/mol. The first-order valence-corrected chi connectivity index (χ1v) is 24.5. The van der Waals surface area contributed by atoms with Gasteiger partial charge in [-0.2, -0.15) is 8.61 Å². The van der Waals surface area contributed by atoms with E-state index in [-0.39, 0.29) is 19.8 Å². The van der Waals surface area contributed by atoms with Crippen molar-refractivity contribution in [3.05, 3.63) is 121 Å². The van der Waals surface area contributed by atoms with Crippen molar-refractivity contribution in [2.75, 3.05) is 69.3 Å². The fourth-order valence-electron chi connectivity index (χ4n) is 6.28. The first kappa shape index (κ1) is 43.9. The summed E-state index contributed by atoms with van der Waals surface area (Å²) >= 11 is 32.8. The van der Waals surface area contributed by atoms with Crippen LogP contribution < -0.4 is 14.5 Å². The largest absolute Gasteiger partial charge is 0.497 e. The fraction of sp³-hybridized carbons (Fsp3) is 0.231. The number of methoxy groups -OCH3 is 1. The minimum atomic E-state index is -3.62. The molecule has 2 fully saturated rings. The topological polar surface area (TPSA) is 116 Å². The molecule has 59 heavy (non-hydrogen) atoms. The van der Waals surface area contributed by atoms with Crippen LogP contribution in [0.3, 0.4) is 0 Å². The van der Waals surface area contributed by atoms with E-state index in [9.17, 15) is 16.8 Å². The number of sulfonamides is 2. The zero-order chi connectivity index (χ0) is 41.9. The van der Waals surface area contributed by atoms with E-state index in [1.807, 2.05) is 59.3 Å². The van der Waals surface area contributed by atoms with Crippen LogP contribution in [0.25, 0.3) is 22.5 Å². The van der Waals surface area contributed by atoms with Crippen LogP contribution in [-0.4, -0.2) is 94.9 Å². The molecule has 0 spiro atoms. The number of aromatic nitrogens is 2. The highest BCUT2D eigenvalue weighted by Crippen LogP contribution is 2.33. The second-order valence-corrected chi connectivity index (χ2v) is 20.8. The minimum absolute atomic E-state index is 0.152. The number of benzene rings is 4. The van der Waals surface area contributed by atoms with Crippen molar-refractivity contribution in [1.82, 2.24) is 18.6 Å². The molecule has 2 aliphatic rings. The van der Waals surface area contributed by atoms with Crippen LogP contribution in [-0.2, 0) is 20.0 Å². The third-order valence-electron chi connectivity index (χ3n) is 9.59. The monoisotopic (exact) mass is 970 g/mol. The third kappa shape index (κ3) is 10.1. The van der Waals surface area contributed by atoms with E-state index >= 15 is 0 Å². The number of nitrogens with zero attached hydrogens (tertiary/aromatic N) is 6. The minimum Gasteiger partial charge on any atom is -0.497 e. The Balaban J connectivity index is 0.000000179. The summed E-state index contributed by atoms with van der Waals surface area (Å²) in [5.74, 6) is 0.800. The van der Waals surface area contributed by atoms with Gasteiger partial charge in [-0.1, -0.05) is 70.1 Å². The van der Waals surface area contributed by atoms with Crippen molar-refractivity contribution in [1.29, 1.82) is 0 Å². The van der Waals surface area contributed by atoms with Gasteiger partial charge in [0.25, 0.3) is 0 Å². The first-order valence-electron chi connectivity index (χ1n) is 17.9. The molecule has 0 saturated carbocycles. The standard InChI is InChI=1S/C20H19Cl2N3O3S2.C19H16Cl3N3O2S2/c1-28-15-4-2-14(3-5-15)19-13-29-20(23-19)24-8-10-25(11-9-24)30(26,27)16-6-7-17(21)18(22)12-16;20-14-3-1-13(2-4-14)18-12-28-19(23-18)24-7-9-25(10-8-24)29(26,27)15-5-6-16(21)17(22)11-15/h2-7,12-13H,8-11H2,1H3;1-6,11-12H,7-10H2. The quantitative estimate of drug-likeness (QED) is 0.140. The third-order valence-corrected chi connectivity index (χ3v) is 16.9. The van der Waals surface area contributed by atoms with E-state index in [4.69, 9.17) is 72.7 Å². The lowest BCUT2D eigenvalue weighted by atomic mass is 10.2. The molecular formula is C39H35Cl5N6O5S4. The summed E-state index contributed by atoms with van der Waals surface area (Å²) in [6, 6.07) is 24.0. The zero-order valence-corrected chi connectivity index (χ0v) is 38.2. The van der Waals surface area contributed by atoms with Crippen molar-refractivity contribution in [3.8, 4) is 28.3 Å². The Kier molecular flexibility index (Phi) is 14.0. The second-order valence-electron chi connectivity index (χ2n) is 13.2. The van der Waals surface area contributed by atoms with Crippen LogP contribution in [0.4, 0.5) is 10.3 Å². The number of anilines is 2. The average Bonchev–Trinajstić information content (AvgIpc) is 3.95. The lowest BCUT2D eigenvalue weighted by Crippen LogP contribution is -2.48. The Morgan fingerprint density at radius 1 is 0.525 bits per heavy atom. The highest BCUT2D eigenvalue weighted by Gasteiger charge is 2.31. The van der Waals surface area contributed by atoms with Crippen LogP contribution in [0.5, 0.6) is 5.75 Å².